The van der Waals surface area contributed by atoms with E-state index in [-0.39, 0.29) is 17.0 Å². The van der Waals surface area contributed by atoms with Gasteiger partial charge in [0, 0.05) is 41.8 Å². The first-order chi connectivity index (χ1) is 17.6. The first kappa shape index (κ1) is 26.1. The zero-order valence-corrected chi connectivity index (χ0v) is 22.0. The second-order valence-corrected chi connectivity index (χ2v) is 10.0. The Morgan fingerprint density at radius 3 is 2.49 bits per heavy atom. The first-order valence-corrected chi connectivity index (χ1v) is 12.6. The van der Waals surface area contributed by atoms with Crippen LogP contribution in [0.1, 0.15) is 63.0 Å². The van der Waals surface area contributed by atoms with E-state index in [2.05, 4.69) is 13.0 Å². The number of Topliss-reactive ketones (excluding diaryl/α,β-unsaturated/α-hetero) is 1. The second kappa shape index (κ2) is 10.6. The summed E-state index contributed by atoms with van der Waals surface area (Å²) < 4.78 is 7.30. The average Bonchev–Trinajstić information content (AvgIpc) is 3.17. The minimum Gasteiger partial charge on any atom is -0.454 e. The summed E-state index contributed by atoms with van der Waals surface area (Å²) in [6.45, 7) is 11.0. The van der Waals surface area contributed by atoms with Crippen molar-refractivity contribution in [3.8, 4) is 5.69 Å². The van der Waals surface area contributed by atoms with Crippen LogP contribution in [0.25, 0.3) is 5.69 Å². The Labute approximate surface area is 217 Å². The molecule has 194 valence electrons. The predicted octanol–water partition coefficient (Wildman–Crippen LogP) is 5.90. The van der Waals surface area contributed by atoms with Gasteiger partial charge in [0.05, 0.1) is 10.5 Å². The number of aryl methyl sites for hydroxylation is 3. The van der Waals surface area contributed by atoms with Crippen LogP contribution in [0.5, 0.6) is 0 Å². The highest BCUT2D eigenvalue weighted by atomic mass is 16.6. The molecule has 1 atom stereocenters. The number of esters is 1. The number of hydrogen-bond donors (Lipinski definition) is 0. The molecule has 0 radical (unpaired) electrons. The highest BCUT2D eigenvalue weighted by molar-refractivity contribution is 6.00. The minimum absolute atomic E-state index is 0.0499. The number of nitro benzene ring substituents is 1. The molecule has 1 aromatic heterocycles. The predicted molar refractivity (Wildman–Crippen MR) is 143 cm³/mol. The standard InChI is InChI=1S/C29H33N3O5/c1-18-7-6-12-30(16-18)26-11-9-23(15-27(26)32(35)36)29(34)37-17-28(33)25-14-21(4)31(22(25)5)24-10-8-19(2)20(3)13-24/h8-11,13-15,18H,6-7,12,16-17H2,1-5H3/t18-/m1/s1. The molecule has 2 heterocycles. The number of rotatable bonds is 7. The number of carbonyl (C=O) groups is 2. The summed E-state index contributed by atoms with van der Waals surface area (Å²) >= 11 is 0. The lowest BCUT2D eigenvalue weighted by atomic mass is 9.99. The number of ketones is 1. The number of hydrogen-bond acceptors (Lipinski definition) is 6. The van der Waals surface area contributed by atoms with E-state index >= 15 is 0 Å². The van der Waals surface area contributed by atoms with Gasteiger partial charge in [-0.3, -0.25) is 14.9 Å². The van der Waals surface area contributed by atoms with Crippen LogP contribution in [0.3, 0.4) is 0 Å². The molecule has 8 nitrogen and oxygen atoms in total. The fourth-order valence-electron chi connectivity index (χ4n) is 5.07. The maximum Gasteiger partial charge on any atom is 0.338 e. The summed E-state index contributed by atoms with van der Waals surface area (Å²) in [5, 5.41) is 11.8. The molecule has 37 heavy (non-hydrogen) atoms. The van der Waals surface area contributed by atoms with Crippen molar-refractivity contribution in [3.05, 3.63) is 86.2 Å². The molecule has 1 fully saturated rings. The van der Waals surface area contributed by atoms with Crippen molar-refractivity contribution >= 4 is 23.1 Å². The minimum atomic E-state index is -0.766. The molecule has 0 aliphatic carbocycles. The van der Waals surface area contributed by atoms with Crippen molar-refractivity contribution in [2.75, 3.05) is 24.6 Å². The molecular weight excluding hydrogens is 470 g/mol. The molecule has 2 aromatic carbocycles. The van der Waals surface area contributed by atoms with Gasteiger partial charge in [-0.1, -0.05) is 13.0 Å². The number of piperidine rings is 1. The van der Waals surface area contributed by atoms with Gasteiger partial charge in [-0.05, 0) is 87.9 Å². The van der Waals surface area contributed by atoms with E-state index < -0.39 is 17.5 Å². The molecule has 0 N–H and O–H groups in total. The zero-order valence-electron chi connectivity index (χ0n) is 22.0. The van der Waals surface area contributed by atoms with Gasteiger partial charge in [0.2, 0.25) is 5.78 Å². The lowest BCUT2D eigenvalue weighted by molar-refractivity contribution is -0.384. The van der Waals surface area contributed by atoms with Gasteiger partial charge in [0.1, 0.15) is 5.69 Å². The number of nitrogens with zero attached hydrogens (tertiary/aromatic N) is 3. The summed E-state index contributed by atoms with van der Waals surface area (Å²) in [6, 6.07) is 12.3. The quantitative estimate of drug-likeness (QED) is 0.173. The van der Waals surface area contributed by atoms with Gasteiger partial charge in [-0.25, -0.2) is 4.79 Å². The third kappa shape index (κ3) is 5.43. The van der Waals surface area contributed by atoms with Crippen LogP contribution in [0.15, 0.2) is 42.5 Å². The Bertz CT molecular complexity index is 1370. The average molecular weight is 504 g/mol. The maximum absolute atomic E-state index is 13.0. The van der Waals surface area contributed by atoms with Crippen molar-refractivity contribution < 1.29 is 19.2 Å². The second-order valence-electron chi connectivity index (χ2n) is 10.0. The molecular formula is C29H33N3O5. The molecule has 0 bridgehead atoms. The lowest BCUT2D eigenvalue weighted by Gasteiger charge is -2.32. The van der Waals surface area contributed by atoms with Crippen molar-refractivity contribution in [1.29, 1.82) is 0 Å². The van der Waals surface area contributed by atoms with E-state index in [4.69, 9.17) is 4.74 Å². The number of nitro groups is 1. The molecule has 4 rings (SSSR count). The van der Waals surface area contributed by atoms with E-state index in [1.165, 1.54) is 17.7 Å². The van der Waals surface area contributed by atoms with Gasteiger partial charge >= 0.3 is 5.97 Å². The molecule has 0 unspecified atom stereocenters. The number of ether oxygens (including phenoxy) is 1. The van der Waals surface area contributed by atoms with Gasteiger partial charge in [-0.2, -0.15) is 0 Å². The molecule has 0 saturated carbocycles. The van der Waals surface area contributed by atoms with Gasteiger partial charge < -0.3 is 14.2 Å². The number of anilines is 1. The Kier molecular flexibility index (Phi) is 7.47. The molecule has 0 amide bonds. The van der Waals surface area contributed by atoms with Crippen LogP contribution in [0.4, 0.5) is 11.4 Å². The number of carbonyl (C=O) groups excluding carboxylic acids is 2. The summed E-state index contributed by atoms with van der Waals surface area (Å²) in [5.74, 6) is -0.649. The fourth-order valence-corrected chi connectivity index (χ4v) is 5.07. The molecule has 1 aliphatic heterocycles. The Morgan fingerprint density at radius 2 is 1.81 bits per heavy atom. The number of aromatic nitrogens is 1. The monoisotopic (exact) mass is 503 g/mol. The van der Waals surface area contributed by atoms with Crippen LogP contribution >= 0.6 is 0 Å². The smallest absolute Gasteiger partial charge is 0.338 e. The van der Waals surface area contributed by atoms with Gasteiger partial charge in [0.15, 0.2) is 6.61 Å². The van der Waals surface area contributed by atoms with Crippen LogP contribution in [-0.4, -0.2) is 40.9 Å². The van der Waals surface area contributed by atoms with Crippen LogP contribution in [0, 0.1) is 43.7 Å². The molecule has 1 aliphatic rings. The Hall–Kier alpha value is -3.94. The summed E-state index contributed by atoms with van der Waals surface area (Å²) in [7, 11) is 0. The zero-order chi connectivity index (χ0) is 26.9. The number of benzene rings is 2. The summed E-state index contributed by atoms with van der Waals surface area (Å²) in [6.07, 6.45) is 2.06. The largest absolute Gasteiger partial charge is 0.454 e. The van der Waals surface area contributed by atoms with Crippen molar-refractivity contribution in [2.45, 2.75) is 47.5 Å². The van der Waals surface area contributed by atoms with Crippen molar-refractivity contribution in [2.24, 2.45) is 5.92 Å². The normalized spacial score (nSPS) is 15.5. The third-order valence-corrected chi connectivity index (χ3v) is 7.22. The SMILES string of the molecule is Cc1ccc(-n2c(C)cc(C(=O)COC(=O)c3ccc(N4CCC[C@@H](C)C4)c([N+](=O)[O-])c3)c2C)cc1C. The third-order valence-electron chi connectivity index (χ3n) is 7.22. The molecule has 0 spiro atoms. The van der Waals surface area contributed by atoms with Crippen molar-refractivity contribution in [1.82, 2.24) is 4.57 Å². The molecule has 8 heteroatoms. The van der Waals surface area contributed by atoms with E-state index in [1.807, 2.05) is 49.3 Å². The first-order valence-electron chi connectivity index (χ1n) is 12.6. The van der Waals surface area contributed by atoms with Crippen LogP contribution in [-0.2, 0) is 4.74 Å². The topological polar surface area (TPSA) is 94.7 Å². The Morgan fingerprint density at radius 1 is 1.05 bits per heavy atom. The highest BCUT2D eigenvalue weighted by Gasteiger charge is 2.26. The van der Waals surface area contributed by atoms with E-state index in [9.17, 15) is 19.7 Å². The summed E-state index contributed by atoms with van der Waals surface area (Å²) in [5.41, 5.74) is 5.86. The van der Waals surface area contributed by atoms with Gasteiger partial charge in [0.25, 0.3) is 5.69 Å². The molecule has 1 saturated heterocycles. The van der Waals surface area contributed by atoms with E-state index in [1.54, 1.807) is 12.1 Å². The fraction of sp³-hybridized carbons (Fsp3) is 0.379. The molecule has 3 aromatic rings. The van der Waals surface area contributed by atoms with Crippen LogP contribution < -0.4 is 4.90 Å². The maximum atomic E-state index is 13.0. The highest BCUT2D eigenvalue weighted by Crippen LogP contribution is 2.32. The van der Waals surface area contributed by atoms with Crippen molar-refractivity contribution in [3.63, 3.8) is 0 Å². The van der Waals surface area contributed by atoms with E-state index in [0.29, 0.717) is 17.2 Å². The van der Waals surface area contributed by atoms with Crippen LogP contribution in [0.2, 0.25) is 0 Å². The lowest BCUT2D eigenvalue weighted by Crippen LogP contribution is -2.34. The van der Waals surface area contributed by atoms with E-state index in [0.717, 1.165) is 48.6 Å². The van der Waals surface area contributed by atoms with Gasteiger partial charge in [-0.15, -0.1) is 0 Å². The Balaban J connectivity index is 1.49. The summed E-state index contributed by atoms with van der Waals surface area (Å²) in [4.78, 5) is 39.0.